The quantitative estimate of drug-likeness (QED) is 0.645. The van der Waals surface area contributed by atoms with E-state index in [1.54, 1.807) is 0 Å². The van der Waals surface area contributed by atoms with Crippen molar-refractivity contribution >= 4 is 0 Å². The van der Waals surface area contributed by atoms with Crippen LogP contribution in [0.5, 0.6) is 0 Å². The number of rotatable bonds is 3. The summed E-state index contributed by atoms with van der Waals surface area (Å²) < 4.78 is 0. The first-order valence-corrected chi connectivity index (χ1v) is 4.76. The van der Waals surface area contributed by atoms with Crippen LogP contribution in [-0.4, -0.2) is 31.1 Å². The zero-order chi connectivity index (χ0) is 8.97. The van der Waals surface area contributed by atoms with Gasteiger partial charge >= 0.3 is 0 Å². The van der Waals surface area contributed by atoms with E-state index in [4.69, 9.17) is 10.7 Å². The molecule has 3 heteroatoms. The third-order valence-corrected chi connectivity index (χ3v) is 2.74. The van der Waals surface area contributed by atoms with Crippen molar-refractivity contribution in [1.29, 1.82) is 0 Å². The number of nitrogens with two attached hydrogens (primary N) is 1. The van der Waals surface area contributed by atoms with Crippen LogP contribution in [0.1, 0.15) is 26.2 Å². The molecule has 2 N–H and O–H groups in total. The van der Waals surface area contributed by atoms with Crippen molar-refractivity contribution in [2.24, 2.45) is 11.8 Å². The Morgan fingerprint density at radius 1 is 1.50 bits per heavy atom. The van der Waals surface area contributed by atoms with E-state index in [1.165, 1.54) is 25.9 Å². The van der Waals surface area contributed by atoms with Gasteiger partial charge in [-0.05, 0) is 52.2 Å². The molecule has 1 rings (SSSR count). The van der Waals surface area contributed by atoms with E-state index in [0.717, 1.165) is 12.3 Å². The van der Waals surface area contributed by atoms with Crippen LogP contribution in [-0.2, 0) is 4.84 Å². The molecule has 3 nitrogen and oxygen atoms in total. The van der Waals surface area contributed by atoms with Crippen molar-refractivity contribution in [2.75, 3.05) is 20.1 Å². The van der Waals surface area contributed by atoms with E-state index in [0.29, 0.717) is 0 Å². The van der Waals surface area contributed by atoms with Gasteiger partial charge in [0.2, 0.25) is 0 Å². The number of nitrogens with zero attached hydrogens (tertiary/aromatic N) is 1. The molecule has 1 aliphatic rings. The average Bonchev–Trinajstić information content (AvgIpc) is 2.09. The number of piperidine rings is 1. The highest BCUT2D eigenvalue weighted by Crippen LogP contribution is 2.21. The minimum Gasteiger partial charge on any atom is -0.306 e. The highest BCUT2D eigenvalue weighted by molar-refractivity contribution is 4.71. The highest BCUT2D eigenvalue weighted by Gasteiger charge is 2.18. The molecule has 0 bridgehead atoms. The average molecular weight is 172 g/mol. The predicted octanol–water partition coefficient (Wildman–Crippen LogP) is 0.997. The molecule has 1 unspecified atom stereocenters. The standard InChI is InChI=1S/C9H20N2O/c1-8(12-10)7-9-3-5-11(2)6-4-9/h8-9H,3-7,10H2,1-2H3. The Kier molecular flexibility index (Phi) is 3.98. The highest BCUT2D eigenvalue weighted by atomic mass is 16.6. The zero-order valence-corrected chi connectivity index (χ0v) is 8.12. The summed E-state index contributed by atoms with van der Waals surface area (Å²) in [6.07, 6.45) is 3.93. The summed E-state index contributed by atoms with van der Waals surface area (Å²) in [5.41, 5.74) is 0. The lowest BCUT2D eigenvalue weighted by Crippen LogP contribution is -2.32. The van der Waals surface area contributed by atoms with E-state index in [2.05, 4.69) is 11.9 Å². The first kappa shape index (κ1) is 9.96. The van der Waals surface area contributed by atoms with Crippen molar-refractivity contribution in [3.05, 3.63) is 0 Å². The molecule has 0 aromatic carbocycles. The van der Waals surface area contributed by atoms with Crippen LogP contribution < -0.4 is 5.90 Å². The lowest BCUT2D eigenvalue weighted by molar-refractivity contribution is 0.0400. The van der Waals surface area contributed by atoms with Crippen molar-refractivity contribution in [3.63, 3.8) is 0 Å². The monoisotopic (exact) mass is 172 g/mol. The van der Waals surface area contributed by atoms with Gasteiger partial charge in [0.1, 0.15) is 0 Å². The third kappa shape index (κ3) is 3.09. The summed E-state index contributed by atoms with van der Waals surface area (Å²) >= 11 is 0. The molecule has 72 valence electrons. The van der Waals surface area contributed by atoms with Gasteiger partial charge in [-0.3, -0.25) is 0 Å². The zero-order valence-electron chi connectivity index (χ0n) is 8.12. The van der Waals surface area contributed by atoms with Crippen molar-refractivity contribution in [3.8, 4) is 0 Å². The summed E-state index contributed by atoms with van der Waals surface area (Å²) in [6, 6.07) is 0. The predicted molar refractivity (Wildman–Crippen MR) is 49.6 cm³/mol. The number of likely N-dealkylation sites (tertiary alicyclic amines) is 1. The van der Waals surface area contributed by atoms with Crippen LogP contribution in [0.2, 0.25) is 0 Å². The van der Waals surface area contributed by atoms with Gasteiger partial charge in [0.15, 0.2) is 0 Å². The third-order valence-electron chi connectivity index (χ3n) is 2.74. The second kappa shape index (κ2) is 4.80. The van der Waals surface area contributed by atoms with E-state index in [9.17, 15) is 0 Å². The first-order chi connectivity index (χ1) is 5.72. The Bertz CT molecular complexity index is 122. The lowest BCUT2D eigenvalue weighted by Gasteiger charge is -2.29. The van der Waals surface area contributed by atoms with Gasteiger partial charge in [-0.15, -0.1) is 0 Å². The molecule has 0 spiro atoms. The maximum absolute atomic E-state index is 5.11. The summed E-state index contributed by atoms with van der Waals surface area (Å²) in [4.78, 5) is 7.15. The van der Waals surface area contributed by atoms with Crippen molar-refractivity contribution in [1.82, 2.24) is 4.90 Å². The van der Waals surface area contributed by atoms with E-state index < -0.39 is 0 Å². The molecule has 1 saturated heterocycles. The van der Waals surface area contributed by atoms with Gasteiger partial charge < -0.3 is 9.74 Å². The van der Waals surface area contributed by atoms with Crippen LogP contribution in [0.4, 0.5) is 0 Å². The molecule has 12 heavy (non-hydrogen) atoms. The summed E-state index contributed by atoms with van der Waals surface area (Å²) in [7, 11) is 2.18. The Morgan fingerprint density at radius 3 is 2.58 bits per heavy atom. The fourth-order valence-electron chi connectivity index (χ4n) is 1.82. The van der Waals surface area contributed by atoms with Crippen LogP contribution in [0.3, 0.4) is 0 Å². The van der Waals surface area contributed by atoms with Crippen molar-refractivity contribution in [2.45, 2.75) is 32.3 Å². The second-order valence-corrected chi connectivity index (χ2v) is 3.93. The molecule has 0 aliphatic carbocycles. The molecule has 1 atom stereocenters. The minimum absolute atomic E-state index is 0.221. The van der Waals surface area contributed by atoms with Crippen LogP contribution in [0.25, 0.3) is 0 Å². The Balaban J connectivity index is 2.17. The van der Waals surface area contributed by atoms with E-state index >= 15 is 0 Å². The maximum atomic E-state index is 5.11. The van der Waals surface area contributed by atoms with E-state index in [1.807, 2.05) is 6.92 Å². The molecule has 1 fully saturated rings. The van der Waals surface area contributed by atoms with Gasteiger partial charge in [-0.25, -0.2) is 5.90 Å². The normalized spacial score (nSPS) is 24.2. The molecular formula is C9H20N2O. The molecule has 0 radical (unpaired) electrons. The van der Waals surface area contributed by atoms with Gasteiger partial charge in [0, 0.05) is 0 Å². The Morgan fingerprint density at radius 2 is 2.08 bits per heavy atom. The molecule has 1 heterocycles. The fourth-order valence-corrected chi connectivity index (χ4v) is 1.82. The van der Waals surface area contributed by atoms with Crippen LogP contribution in [0.15, 0.2) is 0 Å². The molecule has 0 amide bonds. The van der Waals surface area contributed by atoms with Crippen molar-refractivity contribution < 1.29 is 4.84 Å². The second-order valence-electron chi connectivity index (χ2n) is 3.93. The summed E-state index contributed by atoms with van der Waals surface area (Å²) in [6.45, 7) is 4.49. The van der Waals surface area contributed by atoms with Crippen LogP contribution >= 0.6 is 0 Å². The molecule has 1 aliphatic heterocycles. The SMILES string of the molecule is CC(CC1CCN(C)CC1)ON. The van der Waals surface area contributed by atoms with E-state index in [-0.39, 0.29) is 6.10 Å². The first-order valence-electron chi connectivity index (χ1n) is 4.76. The van der Waals surface area contributed by atoms with Gasteiger partial charge in [-0.1, -0.05) is 0 Å². The minimum atomic E-state index is 0.221. The topological polar surface area (TPSA) is 38.5 Å². The molecular weight excluding hydrogens is 152 g/mol. The molecule has 0 aromatic rings. The largest absolute Gasteiger partial charge is 0.306 e. The maximum Gasteiger partial charge on any atom is 0.0762 e. The molecule has 0 saturated carbocycles. The Labute approximate surface area is 74.8 Å². The van der Waals surface area contributed by atoms with Crippen LogP contribution in [0, 0.1) is 5.92 Å². The number of hydrogen-bond donors (Lipinski definition) is 1. The lowest BCUT2D eigenvalue weighted by atomic mass is 9.92. The van der Waals surface area contributed by atoms with Gasteiger partial charge in [-0.2, -0.15) is 0 Å². The Hall–Kier alpha value is -0.120. The summed E-state index contributed by atoms with van der Waals surface area (Å²) in [5, 5.41) is 0. The fraction of sp³-hybridized carbons (Fsp3) is 1.00. The van der Waals surface area contributed by atoms with Gasteiger partial charge in [0.05, 0.1) is 6.10 Å². The number of hydrogen-bond acceptors (Lipinski definition) is 3. The van der Waals surface area contributed by atoms with Gasteiger partial charge in [0.25, 0.3) is 0 Å². The smallest absolute Gasteiger partial charge is 0.0762 e. The summed E-state index contributed by atoms with van der Waals surface area (Å²) in [5.74, 6) is 5.93. The molecule has 0 aromatic heterocycles.